The molecule has 1 heterocycles. The molecule has 7 heteroatoms. The van der Waals surface area contributed by atoms with E-state index >= 15 is 0 Å². The van der Waals surface area contributed by atoms with Crippen molar-refractivity contribution in [2.45, 2.75) is 19.3 Å². The largest absolute Gasteiger partial charge is 0.469 e. The number of guanidine groups is 1. The average Bonchev–Trinajstić information content (AvgIpc) is 2.96. The molecule has 20 heavy (non-hydrogen) atoms. The van der Waals surface area contributed by atoms with Gasteiger partial charge in [0.25, 0.3) is 0 Å². The van der Waals surface area contributed by atoms with E-state index in [-0.39, 0.29) is 29.9 Å². The summed E-state index contributed by atoms with van der Waals surface area (Å²) in [6.07, 6.45) is 0.331. The minimum atomic E-state index is -0.227. The van der Waals surface area contributed by atoms with Crippen LogP contribution in [0.25, 0.3) is 0 Å². The molecule has 0 saturated heterocycles. The second-order valence-electron chi connectivity index (χ2n) is 4.16. The number of carbonyl (C=O) groups excluding carboxylic acids is 1. The number of aliphatic imine (C=N–C) groups is 1. The summed E-state index contributed by atoms with van der Waals surface area (Å²) in [7, 11) is 3.10. The zero-order chi connectivity index (χ0) is 14.1. The molecule has 0 aromatic carbocycles. The molecular formula is C13H22IN3O2S. The molecule has 114 valence electrons. The van der Waals surface area contributed by atoms with E-state index in [0.717, 1.165) is 6.54 Å². The minimum absolute atomic E-state index is 0. The highest BCUT2D eigenvalue weighted by Crippen LogP contribution is 2.16. The van der Waals surface area contributed by atoms with Crippen molar-refractivity contribution in [1.82, 2.24) is 10.6 Å². The van der Waals surface area contributed by atoms with E-state index in [0.29, 0.717) is 24.8 Å². The Bertz CT molecular complexity index is 410. The number of methoxy groups -OCH3 is 1. The maximum Gasteiger partial charge on any atom is 0.307 e. The van der Waals surface area contributed by atoms with Crippen LogP contribution in [0.3, 0.4) is 0 Å². The lowest BCUT2D eigenvalue weighted by atomic mass is 10.1. The van der Waals surface area contributed by atoms with Gasteiger partial charge in [0.1, 0.15) is 0 Å². The van der Waals surface area contributed by atoms with Gasteiger partial charge in [0.2, 0.25) is 0 Å². The Morgan fingerprint density at radius 1 is 1.50 bits per heavy atom. The third-order valence-corrected chi connectivity index (χ3v) is 3.46. The molecule has 1 unspecified atom stereocenters. The lowest BCUT2D eigenvalue weighted by Crippen LogP contribution is -2.39. The van der Waals surface area contributed by atoms with E-state index in [1.165, 1.54) is 12.7 Å². The van der Waals surface area contributed by atoms with Crippen LogP contribution in [0, 0.1) is 0 Å². The maximum atomic E-state index is 11.0. The summed E-state index contributed by atoms with van der Waals surface area (Å²) in [6.45, 7) is 3.48. The Kier molecular flexibility index (Phi) is 10.4. The van der Waals surface area contributed by atoms with Gasteiger partial charge in [-0.3, -0.25) is 9.79 Å². The van der Waals surface area contributed by atoms with Crippen LogP contribution >= 0.6 is 35.3 Å². The second-order valence-corrected chi connectivity index (χ2v) is 4.94. The fraction of sp³-hybridized carbons (Fsp3) is 0.538. The number of rotatable bonds is 6. The van der Waals surface area contributed by atoms with Gasteiger partial charge in [0.05, 0.1) is 13.5 Å². The minimum Gasteiger partial charge on any atom is -0.469 e. The predicted octanol–water partition coefficient (Wildman–Crippen LogP) is 2.20. The van der Waals surface area contributed by atoms with Crippen LogP contribution in [-0.4, -0.2) is 39.2 Å². The molecule has 1 aromatic heterocycles. The number of esters is 1. The van der Waals surface area contributed by atoms with Crippen LogP contribution in [0.15, 0.2) is 21.8 Å². The lowest BCUT2D eigenvalue weighted by Gasteiger charge is -2.15. The Labute approximate surface area is 141 Å². The fourth-order valence-corrected chi connectivity index (χ4v) is 2.31. The predicted molar refractivity (Wildman–Crippen MR) is 94.1 cm³/mol. The Morgan fingerprint density at radius 3 is 2.80 bits per heavy atom. The molecular weight excluding hydrogens is 389 g/mol. The normalized spacial score (nSPS) is 12.2. The third kappa shape index (κ3) is 7.09. The van der Waals surface area contributed by atoms with Gasteiger partial charge in [-0.05, 0) is 28.3 Å². The van der Waals surface area contributed by atoms with Crippen LogP contribution in [0.1, 0.15) is 24.8 Å². The molecule has 1 atom stereocenters. The van der Waals surface area contributed by atoms with E-state index in [4.69, 9.17) is 0 Å². The first-order valence-electron chi connectivity index (χ1n) is 6.20. The number of carbonyl (C=O) groups is 1. The topological polar surface area (TPSA) is 62.7 Å². The van der Waals surface area contributed by atoms with Crippen LogP contribution in [0.5, 0.6) is 0 Å². The SMILES string of the molecule is CN=C(NCCC(=O)OC)NCC(C)c1ccsc1.I. The van der Waals surface area contributed by atoms with Gasteiger partial charge in [-0.25, -0.2) is 0 Å². The van der Waals surface area contributed by atoms with Crippen molar-refractivity contribution in [3.63, 3.8) is 0 Å². The lowest BCUT2D eigenvalue weighted by molar-refractivity contribution is -0.140. The number of ether oxygens (including phenoxy) is 1. The molecule has 1 rings (SSSR count). The molecule has 0 aliphatic rings. The zero-order valence-corrected chi connectivity index (χ0v) is 15.2. The number of nitrogens with zero attached hydrogens (tertiary/aromatic N) is 1. The standard InChI is InChI=1S/C13H21N3O2S.HI/c1-10(11-5-7-19-9-11)8-16-13(14-2)15-6-4-12(17)18-3;/h5,7,9-10H,4,6,8H2,1-3H3,(H2,14,15,16);1H. The zero-order valence-electron chi connectivity index (χ0n) is 12.0. The fourth-order valence-electron chi connectivity index (χ4n) is 1.53. The van der Waals surface area contributed by atoms with Crippen molar-refractivity contribution in [2.75, 3.05) is 27.2 Å². The summed E-state index contributed by atoms with van der Waals surface area (Å²) in [6, 6.07) is 2.13. The third-order valence-electron chi connectivity index (χ3n) is 2.76. The summed E-state index contributed by atoms with van der Waals surface area (Å²) in [5.74, 6) is 0.894. The molecule has 1 aromatic rings. The van der Waals surface area contributed by atoms with Gasteiger partial charge >= 0.3 is 5.97 Å². The van der Waals surface area contributed by atoms with Crippen molar-refractivity contribution in [1.29, 1.82) is 0 Å². The van der Waals surface area contributed by atoms with Gasteiger partial charge in [0.15, 0.2) is 5.96 Å². The van der Waals surface area contributed by atoms with E-state index in [1.54, 1.807) is 18.4 Å². The first-order chi connectivity index (χ1) is 9.17. The second kappa shape index (κ2) is 10.9. The molecule has 0 spiro atoms. The molecule has 0 bridgehead atoms. The van der Waals surface area contributed by atoms with Crippen molar-refractivity contribution >= 4 is 47.2 Å². The van der Waals surface area contributed by atoms with Crippen molar-refractivity contribution in [3.05, 3.63) is 22.4 Å². The molecule has 0 radical (unpaired) electrons. The van der Waals surface area contributed by atoms with Gasteiger partial charge in [-0.15, -0.1) is 24.0 Å². The smallest absolute Gasteiger partial charge is 0.307 e. The number of hydrogen-bond acceptors (Lipinski definition) is 4. The van der Waals surface area contributed by atoms with Crippen LogP contribution in [0.4, 0.5) is 0 Å². The summed E-state index contributed by atoms with van der Waals surface area (Å²) in [4.78, 5) is 15.1. The highest BCUT2D eigenvalue weighted by molar-refractivity contribution is 14.0. The number of halogens is 1. The number of nitrogens with one attached hydrogen (secondary N) is 2. The van der Waals surface area contributed by atoms with Gasteiger partial charge in [-0.1, -0.05) is 6.92 Å². The van der Waals surface area contributed by atoms with E-state index < -0.39 is 0 Å². The van der Waals surface area contributed by atoms with Crippen LogP contribution in [0.2, 0.25) is 0 Å². The molecule has 0 amide bonds. The van der Waals surface area contributed by atoms with Gasteiger partial charge < -0.3 is 15.4 Å². The van der Waals surface area contributed by atoms with Crippen molar-refractivity contribution < 1.29 is 9.53 Å². The molecule has 2 N–H and O–H groups in total. The molecule has 5 nitrogen and oxygen atoms in total. The Morgan fingerprint density at radius 2 is 2.25 bits per heavy atom. The maximum absolute atomic E-state index is 11.0. The average molecular weight is 411 g/mol. The summed E-state index contributed by atoms with van der Waals surface area (Å²) in [5.41, 5.74) is 1.32. The summed E-state index contributed by atoms with van der Waals surface area (Å²) >= 11 is 1.70. The Balaban J connectivity index is 0.00000361. The van der Waals surface area contributed by atoms with Crippen LogP contribution in [-0.2, 0) is 9.53 Å². The number of hydrogen-bond donors (Lipinski definition) is 2. The first kappa shape index (κ1) is 19.2. The highest BCUT2D eigenvalue weighted by atomic mass is 127. The summed E-state index contributed by atoms with van der Waals surface area (Å²) < 4.78 is 4.57. The molecule has 0 aliphatic heterocycles. The quantitative estimate of drug-likeness (QED) is 0.326. The highest BCUT2D eigenvalue weighted by Gasteiger charge is 2.07. The molecule has 0 fully saturated rings. The van der Waals surface area contributed by atoms with E-state index in [9.17, 15) is 4.79 Å². The number of thiophene rings is 1. The van der Waals surface area contributed by atoms with Crippen molar-refractivity contribution in [3.8, 4) is 0 Å². The molecule has 0 aliphatic carbocycles. The molecule has 0 saturated carbocycles. The van der Waals surface area contributed by atoms with Gasteiger partial charge in [0, 0.05) is 20.1 Å². The van der Waals surface area contributed by atoms with E-state index in [1.807, 2.05) is 0 Å². The van der Waals surface area contributed by atoms with Gasteiger partial charge in [-0.2, -0.15) is 11.3 Å². The summed E-state index contributed by atoms with van der Waals surface area (Å²) in [5, 5.41) is 10.5. The first-order valence-corrected chi connectivity index (χ1v) is 7.15. The van der Waals surface area contributed by atoms with E-state index in [2.05, 4.69) is 44.1 Å². The van der Waals surface area contributed by atoms with Crippen molar-refractivity contribution in [2.24, 2.45) is 4.99 Å². The Hall–Kier alpha value is -0.830. The monoisotopic (exact) mass is 411 g/mol. The van der Waals surface area contributed by atoms with Crippen LogP contribution < -0.4 is 10.6 Å².